The van der Waals surface area contributed by atoms with E-state index in [1.54, 1.807) is 0 Å². The molecule has 0 N–H and O–H groups in total. The predicted molar refractivity (Wildman–Crippen MR) is 56.7 cm³/mol. The van der Waals surface area contributed by atoms with Gasteiger partial charge in [0, 0.05) is 19.5 Å². The van der Waals surface area contributed by atoms with Crippen molar-refractivity contribution < 1.29 is 0 Å². The Kier molecular flexibility index (Phi) is 2.53. The molecule has 2 nitrogen and oxygen atoms in total. The van der Waals surface area contributed by atoms with E-state index in [-0.39, 0.29) is 0 Å². The highest BCUT2D eigenvalue weighted by molar-refractivity contribution is 5.01. The molecule has 78 valence electrons. The van der Waals surface area contributed by atoms with Gasteiger partial charge in [0.15, 0.2) is 0 Å². The minimum absolute atomic E-state index is 0.391. The molecule has 14 heavy (non-hydrogen) atoms. The maximum atomic E-state index is 8.72. The lowest BCUT2D eigenvalue weighted by Gasteiger charge is -2.21. The van der Waals surface area contributed by atoms with Gasteiger partial charge in [-0.2, -0.15) is 5.26 Å². The first-order valence-electron chi connectivity index (χ1n) is 5.71. The van der Waals surface area contributed by atoms with Crippen molar-refractivity contribution in [2.75, 3.05) is 20.1 Å². The lowest BCUT2D eigenvalue weighted by atomic mass is 10.0. The van der Waals surface area contributed by atoms with Crippen LogP contribution in [0.3, 0.4) is 0 Å². The fourth-order valence-electron chi connectivity index (χ4n) is 2.43. The lowest BCUT2D eigenvalue weighted by Crippen LogP contribution is -2.28. The van der Waals surface area contributed by atoms with Gasteiger partial charge in [-0.1, -0.05) is 6.92 Å². The van der Waals surface area contributed by atoms with Gasteiger partial charge in [0.2, 0.25) is 0 Å². The summed E-state index contributed by atoms with van der Waals surface area (Å²) in [4.78, 5) is 2.44. The van der Waals surface area contributed by atoms with Crippen LogP contribution < -0.4 is 0 Å². The number of rotatable bonds is 5. The summed E-state index contributed by atoms with van der Waals surface area (Å²) in [6.07, 6.45) is 4.71. The first kappa shape index (κ1) is 9.98. The average molecular weight is 192 g/mol. The van der Waals surface area contributed by atoms with Crippen LogP contribution in [0.5, 0.6) is 0 Å². The van der Waals surface area contributed by atoms with Crippen LogP contribution >= 0.6 is 0 Å². The van der Waals surface area contributed by atoms with E-state index in [9.17, 15) is 0 Å². The summed E-state index contributed by atoms with van der Waals surface area (Å²) < 4.78 is 0. The molecule has 0 saturated heterocycles. The second-order valence-corrected chi connectivity index (χ2v) is 5.50. The first-order chi connectivity index (χ1) is 6.65. The molecule has 0 heterocycles. The number of hydrogen-bond acceptors (Lipinski definition) is 2. The monoisotopic (exact) mass is 192 g/mol. The van der Waals surface area contributed by atoms with E-state index in [4.69, 9.17) is 5.26 Å². The third kappa shape index (κ3) is 2.27. The average Bonchev–Trinajstić information content (AvgIpc) is 2.96. The summed E-state index contributed by atoms with van der Waals surface area (Å²) in [7, 11) is 2.21. The fraction of sp³-hybridized carbons (Fsp3) is 0.917. The Morgan fingerprint density at radius 3 is 2.57 bits per heavy atom. The van der Waals surface area contributed by atoms with Gasteiger partial charge in [0.05, 0.1) is 6.07 Å². The van der Waals surface area contributed by atoms with Crippen molar-refractivity contribution in [3.05, 3.63) is 0 Å². The van der Waals surface area contributed by atoms with Gasteiger partial charge < -0.3 is 4.90 Å². The van der Waals surface area contributed by atoms with Crippen LogP contribution in [0.1, 0.15) is 32.6 Å². The molecule has 0 bridgehead atoms. The predicted octanol–water partition coefficient (Wildman–Crippen LogP) is 2.27. The maximum absolute atomic E-state index is 8.72. The SMILES string of the molecule is CC1CC1CN(C)CC1(CC#N)CC1. The molecule has 0 aromatic heterocycles. The van der Waals surface area contributed by atoms with Crippen molar-refractivity contribution in [1.29, 1.82) is 5.26 Å². The van der Waals surface area contributed by atoms with Crippen LogP contribution in [-0.2, 0) is 0 Å². The van der Waals surface area contributed by atoms with E-state index in [0.29, 0.717) is 5.41 Å². The van der Waals surface area contributed by atoms with Crippen molar-refractivity contribution in [2.45, 2.75) is 32.6 Å². The molecule has 0 amide bonds. The van der Waals surface area contributed by atoms with E-state index in [1.165, 1.54) is 25.8 Å². The number of hydrogen-bond donors (Lipinski definition) is 0. The minimum Gasteiger partial charge on any atom is -0.305 e. The molecule has 0 radical (unpaired) electrons. The minimum atomic E-state index is 0.391. The molecule has 2 aliphatic carbocycles. The Morgan fingerprint density at radius 1 is 1.50 bits per heavy atom. The largest absolute Gasteiger partial charge is 0.305 e. The van der Waals surface area contributed by atoms with Gasteiger partial charge >= 0.3 is 0 Å². The van der Waals surface area contributed by atoms with Crippen LogP contribution in [0.4, 0.5) is 0 Å². The zero-order chi connectivity index (χ0) is 10.2. The summed E-state index contributed by atoms with van der Waals surface area (Å²) in [6, 6.07) is 2.33. The van der Waals surface area contributed by atoms with Gasteiger partial charge in [-0.25, -0.2) is 0 Å². The fourth-order valence-corrected chi connectivity index (χ4v) is 2.43. The van der Waals surface area contributed by atoms with Crippen LogP contribution in [0, 0.1) is 28.6 Å². The highest BCUT2D eigenvalue weighted by atomic mass is 15.1. The molecule has 2 heteroatoms. The van der Waals surface area contributed by atoms with Crippen molar-refractivity contribution >= 4 is 0 Å². The van der Waals surface area contributed by atoms with Crippen LogP contribution in [-0.4, -0.2) is 25.0 Å². The van der Waals surface area contributed by atoms with E-state index in [1.807, 2.05) is 0 Å². The van der Waals surface area contributed by atoms with Gasteiger partial charge in [-0.05, 0) is 43.6 Å². The highest BCUT2D eigenvalue weighted by Crippen LogP contribution is 2.49. The smallest absolute Gasteiger partial charge is 0.0628 e. The molecule has 0 aliphatic heterocycles. The van der Waals surface area contributed by atoms with Crippen molar-refractivity contribution in [2.24, 2.45) is 17.3 Å². The van der Waals surface area contributed by atoms with Crippen LogP contribution in [0.2, 0.25) is 0 Å². The molecule has 2 atom stereocenters. The standard InChI is InChI=1S/C12H20N2/c1-10-7-11(10)8-14(2)9-12(3-4-12)5-6-13/h10-11H,3-5,7-9H2,1-2H3. The quantitative estimate of drug-likeness (QED) is 0.668. The number of nitrogens with zero attached hydrogens (tertiary/aromatic N) is 2. The molecule has 0 aromatic rings. The summed E-state index contributed by atoms with van der Waals surface area (Å²) in [5.74, 6) is 1.89. The maximum Gasteiger partial charge on any atom is 0.0628 e. The summed E-state index contributed by atoms with van der Waals surface area (Å²) >= 11 is 0. The zero-order valence-corrected chi connectivity index (χ0v) is 9.29. The molecular formula is C12H20N2. The molecule has 0 spiro atoms. The lowest BCUT2D eigenvalue weighted by molar-refractivity contribution is 0.252. The zero-order valence-electron chi connectivity index (χ0n) is 9.29. The Balaban J connectivity index is 1.72. The molecular weight excluding hydrogens is 172 g/mol. The van der Waals surface area contributed by atoms with E-state index in [0.717, 1.165) is 24.8 Å². The van der Waals surface area contributed by atoms with Gasteiger partial charge in [-0.3, -0.25) is 0 Å². The molecule has 2 aliphatic rings. The van der Waals surface area contributed by atoms with Gasteiger partial charge in [0.25, 0.3) is 0 Å². The Morgan fingerprint density at radius 2 is 2.14 bits per heavy atom. The summed E-state index contributed by atoms with van der Waals surface area (Å²) in [5, 5.41) is 8.72. The van der Waals surface area contributed by atoms with Gasteiger partial charge in [0.1, 0.15) is 0 Å². The van der Waals surface area contributed by atoms with Gasteiger partial charge in [-0.15, -0.1) is 0 Å². The topological polar surface area (TPSA) is 27.0 Å². The van der Waals surface area contributed by atoms with Crippen LogP contribution in [0.25, 0.3) is 0 Å². The Hall–Kier alpha value is -0.550. The Bertz CT molecular complexity index is 250. The summed E-state index contributed by atoms with van der Waals surface area (Å²) in [6.45, 7) is 4.72. The van der Waals surface area contributed by atoms with E-state index in [2.05, 4.69) is 24.9 Å². The summed E-state index contributed by atoms with van der Waals surface area (Å²) in [5.41, 5.74) is 0.391. The Labute approximate surface area is 86.9 Å². The second kappa shape index (κ2) is 3.55. The van der Waals surface area contributed by atoms with Crippen molar-refractivity contribution in [3.63, 3.8) is 0 Å². The van der Waals surface area contributed by atoms with Crippen molar-refractivity contribution in [3.8, 4) is 6.07 Å². The van der Waals surface area contributed by atoms with E-state index < -0.39 is 0 Å². The number of nitriles is 1. The van der Waals surface area contributed by atoms with Crippen LogP contribution in [0.15, 0.2) is 0 Å². The third-order valence-electron chi connectivity index (χ3n) is 3.84. The first-order valence-corrected chi connectivity index (χ1v) is 5.71. The molecule has 2 rings (SSSR count). The molecule has 2 fully saturated rings. The molecule has 0 aromatic carbocycles. The van der Waals surface area contributed by atoms with Crippen molar-refractivity contribution in [1.82, 2.24) is 4.90 Å². The highest BCUT2D eigenvalue weighted by Gasteiger charge is 2.44. The third-order valence-corrected chi connectivity index (χ3v) is 3.84. The second-order valence-electron chi connectivity index (χ2n) is 5.50. The molecule has 2 saturated carbocycles. The van der Waals surface area contributed by atoms with E-state index >= 15 is 0 Å². The normalized spacial score (nSPS) is 32.7. The molecule has 2 unspecified atom stereocenters.